The van der Waals surface area contributed by atoms with E-state index < -0.39 is 0 Å². The second kappa shape index (κ2) is 5.45. The summed E-state index contributed by atoms with van der Waals surface area (Å²) in [7, 11) is 0. The highest BCUT2D eigenvalue weighted by atomic mass is 16.2. The molecule has 1 aliphatic rings. The number of rotatable bonds is 3. The first-order chi connectivity index (χ1) is 8.66. The zero-order chi connectivity index (χ0) is 13.0. The normalized spacial score (nSPS) is 16.1. The van der Waals surface area contributed by atoms with E-state index in [1.54, 1.807) is 6.08 Å². The molecule has 1 amide bonds. The van der Waals surface area contributed by atoms with Crippen LogP contribution in [0.1, 0.15) is 13.3 Å². The lowest BCUT2D eigenvalue weighted by Crippen LogP contribution is -2.23. The van der Waals surface area contributed by atoms with Crippen molar-refractivity contribution in [2.45, 2.75) is 13.3 Å². The van der Waals surface area contributed by atoms with Gasteiger partial charge in [0.25, 0.3) is 0 Å². The van der Waals surface area contributed by atoms with Crippen LogP contribution in [0.15, 0.2) is 54.1 Å². The van der Waals surface area contributed by atoms with Crippen molar-refractivity contribution in [3.05, 3.63) is 54.1 Å². The molecule has 1 N–H and O–H groups in total. The van der Waals surface area contributed by atoms with Crippen LogP contribution in [-0.2, 0) is 9.59 Å². The van der Waals surface area contributed by atoms with E-state index in [4.69, 9.17) is 0 Å². The Morgan fingerprint density at radius 3 is 2.67 bits per heavy atom. The molecule has 1 unspecified atom stereocenters. The van der Waals surface area contributed by atoms with Gasteiger partial charge in [-0.15, -0.1) is 0 Å². The van der Waals surface area contributed by atoms with Crippen molar-refractivity contribution >= 4 is 17.4 Å². The molecule has 3 heteroatoms. The SMILES string of the molecule is CC(C(=O)Nc1ccccc1)C1=CC=CC(=O)C1. The Morgan fingerprint density at radius 2 is 2.00 bits per heavy atom. The molecule has 92 valence electrons. The molecule has 1 aromatic rings. The Labute approximate surface area is 106 Å². The van der Waals surface area contributed by atoms with Crippen molar-refractivity contribution in [3.63, 3.8) is 0 Å². The number of hydrogen-bond donors (Lipinski definition) is 1. The number of benzene rings is 1. The number of carbonyl (C=O) groups excluding carboxylic acids is 2. The molecule has 0 aliphatic heterocycles. The minimum atomic E-state index is -0.292. The fourth-order valence-electron chi connectivity index (χ4n) is 1.84. The van der Waals surface area contributed by atoms with Gasteiger partial charge in [0, 0.05) is 12.1 Å². The second-order valence-electron chi connectivity index (χ2n) is 4.32. The molecule has 0 aromatic heterocycles. The number of carbonyl (C=O) groups is 2. The van der Waals surface area contributed by atoms with Gasteiger partial charge in [0.05, 0.1) is 5.92 Å². The molecule has 0 heterocycles. The largest absolute Gasteiger partial charge is 0.326 e. The Hall–Kier alpha value is -2.16. The average Bonchev–Trinajstić information content (AvgIpc) is 2.39. The number of allylic oxidation sites excluding steroid dienone is 3. The molecule has 0 bridgehead atoms. The molecular weight excluding hydrogens is 226 g/mol. The minimum absolute atomic E-state index is 0.0480. The topological polar surface area (TPSA) is 46.2 Å². The van der Waals surface area contributed by atoms with Crippen LogP contribution in [-0.4, -0.2) is 11.7 Å². The molecule has 0 radical (unpaired) electrons. The van der Waals surface area contributed by atoms with E-state index in [1.807, 2.05) is 43.3 Å². The molecule has 1 atom stereocenters. The summed E-state index contributed by atoms with van der Waals surface area (Å²) in [5.41, 5.74) is 1.63. The molecule has 0 spiro atoms. The lowest BCUT2D eigenvalue weighted by Gasteiger charge is -2.16. The monoisotopic (exact) mass is 241 g/mol. The quantitative estimate of drug-likeness (QED) is 0.884. The second-order valence-corrected chi connectivity index (χ2v) is 4.32. The highest BCUT2D eigenvalue weighted by molar-refractivity contribution is 5.98. The predicted molar refractivity (Wildman–Crippen MR) is 71.1 cm³/mol. The molecule has 1 aromatic carbocycles. The van der Waals surface area contributed by atoms with E-state index in [1.165, 1.54) is 6.08 Å². The lowest BCUT2D eigenvalue weighted by atomic mass is 9.92. The van der Waals surface area contributed by atoms with Gasteiger partial charge >= 0.3 is 0 Å². The first kappa shape index (κ1) is 12.3. The van der Waals surface area contributed by atoms with E-state index in [-0.39, 0.29) is 17.6 Å². The molecule has 18 heavy (non-hydrogen) atoms. The van der Waals surface area contributed by atoms with Gasteiger partial charge in [-0.25, -0.2) is 0 Å². The Kier molecular flexibility index (Phi) is 3.72. The molecule has 2 rings (SSSR count). The van der Waals surface area contributed by atoms with E-state index in [0.29, 0.717) is 6.42 Å². The zero-order valence-electron chi connectivity index (χ0n) is 10.2. The van der Waals surface area contributed by atoms with E-state index >= 15 is 0 Å². The summed E-state index contributed by atoms with van der Waals surface area (Å²) < 4.78 is 0. The van der Waals surface area contributed by atoms with Crippen molar-refractivity contribution < 1.29 is 9.59 Å². The van der Waals surface area contributed by atoms with Crippen molar-refractivity contribution in [2.75, 3.05) is 5.32 Å². The minimum Gasteiger partial charge on any atom is -0.326 e. The fourth-order valence-corrected chi connectivity index (χ4v) is 1.84. The number of ketones is 1. The lowest BCUT2D eigenvalue weighted by molar-refractivity contribution is -0.118. The summed E-state index contributed by atoms with van der Waals surface area (Å²) >= 11 is 0. The first-order valence-electron chi connectivity index (χ1n) is 5.92. The van der Waals surface area contributed by atoms with E-state index in [9.17, 15) is 9.59 Å². The van der Waals surface area contributed by atoms with E-state index in [0.717, 1.165) is 11.3 Å². The molecular formula is C15H15NO2. The number of para-hydroxylation sites is 1. The molecule has 0 saturated heterocycles. The van der Waals surface area contributed by atoms with Crippen molar-refractivity contribution in [3.8, 4) is 0 Å². The number of hydrogen-bond acceptors (Lipinski definition) is 2. The van der Waals surface area contributed by atoms with Crippen molar-refractivity contribution in [1.29, 1.82) is 0 Å². The van der Waals surface area contributed by atoms with Crippen molar-refractivity contribution in [1.82, 2.24) is 0 Å². The van der Waals surface area contributed by atoms with Crippen LogP contribution in [0.3, 0.4) is 0 Å². The summed E-state index contributed by atoms with van der Waals surface area (Å²) in [6, 6.07) is 9.31. The summed E-state index contributed by atoms with van der Waals surface area (Å²) in [5, 5.41) is 2.84. The van der Waals surface area contributed by atoms with Crippen LogP contribution in [0.25, 0.3) is 0 Å². The molecule has 0 fully saturated rings. The van der Waals surface area contributed by atoms with Gasteiger partial charge in [-0.1, -0.05) is 35.9 Å². The third kappa shape index (κ3) is 2.94. The van der Waals surface area contributed by atoms with Crippen LogP contribution in [0.2, 0.25) is 0 Å². The molecule has 0 saturated carbocycles. The van der Waals surface area contributed by atoms with Crippen LogP contribution >= 0.6 is 0 Å². The third-order valence-corrected chi connectivity index (χ3v) is 2.96. The third-order valence-electron chi connectivity index (χ3n) is 2.96. The summed E-state index contributed by atoms with van der Waals surface area (Å²) in [5.74, 6) is -0.332. The molecule has 1 aliphatic carbocycles. The maximum atomic E-state index is 12.0. The van der Waals surface area contributed by atoms with Gasteiger partial charge in [0.1, 0.15) is 0 Å². The highest BCUT2D eigenvalue weighted by Crippen LogP contribution is 2.20. The Morgan fingerprint density at radius 1 is 1.28 bits per heavy atom. The van der Waals surface area contributed by atoms with Gasteiger partial charge in [0.2, 0.25) is 5.91 Å². The van der Waals surface area contributed by atoms with Gasteiger partial charge in [-0.2, -0.15) is 0 Å². The van der Waals surface area contributed by atoms with E-state index in [2.05, 4.69) is 5.32 Å². The van der Waals surface area contributed by atoms with Gasteiger partial charge < -0.3 is 5.32 Å². The smallest absolute Gasteiger partial charge is 0.231 e. The van der Waals surface area contributed by atoms with Crippen LogP contribution < -0.4 is 5.32 Å². The summed E-state index contributed by atoms with van der Waals surface area (Å²) in [6.45, 7) is 1.82. The number of anilines is 1. The Balaban J connectivity index is 2.03. The van der Waals surface area contributed by atoms with Crippen LogP contribution in [0.5, 0.6) is 0 Å². The number of amides is 1. The van der Waals surface area contributed by atoms with Gasteiger partial charge in [-0.3, -0.25) is 9.59 Å². The molecule has 3 nitrogen and oxygen atoms in total. The standard InChI is InChI=1S/C15H15NO2/c1-11(12-6-5-9-14(17)10-12)15(18)16-13-7-3-2-4-8-13/h2-9,11H,10H2,1H3,(H,16,18). The summed E-state index contributed by atoms with van der Waals surface area (Å²) in [4.78, 5) is 23.3. The first-order valence-corrected chi connectivity index (χ1v) is 5.92. The predicted octanol–water partition coefficient (Wildman–Crippen LogP) is 2.72. The zero-order valence-corrected chi connectivity index (χ0v) is 10.2. The van der Waals surface area contributed by atoms with Crippen LogP contribution in [0.4, 0.5) is 5.69 Å². The highest BCUT2D eigenvalue weighted by Gasteiger charge is 2.20. The van der Waals surface area contributed by atoms with Crippen molar-refractivity contribution in [2.24, 2.45) is 5.92 Å². The maximum absolute atomic E-state index is 12.0. The maximum Gasteiger partial charge on any atom is 0.231 e. The average molecular weight is 241 g/mol. The van der Waals surface area contributed by atoms with Crippen LogP contribution in [0, 0.1) is 5.92 Å². The van der Waals surface area contributed by atoms with Gasteiger partial charge in [0.15, 0.2) is 5.78 Å². The Bertz CT molecular complexity index is 515. The van der Waals surface area contributed by atoms with Gasteiger partial charge in [-0.05, 0) is 25.1 Å². The number of nitrogens with one attached hydrogen (secondary N) is 1. The fraction of sp³-hybridized carbons (Fsp3) is 0.200. The summed E-state index contributed by atoms with van der Waals surface area (Å²) in [6.07, 6.45) is 5.41.